The topological polar surface area (TPSA) is 43.2 Å². The van der Waals surface area contributed by atoms with Crippen molar-refractivity contribution in [1.29, 1.82) is 0 Å². The van der Waals surface area contributed by atoms with Crippen molar-refractivity contribution in [3.05, 3.63) is 45.9 Å². The maximum Gasteiger partial charge on any atom is 0.256 e. The first kappa shape index (κ1) is 11.4. The van der Waals surface area contributed by atoms with E-state index in [9.17, 15) is 4.79 Å². The zero-order valence-corrected chi connectivity index (χ0v) is 10.8. The molecule has 0 saturated carbocycles. The molecular weight excluding hydrogens is 244 g/mol. The summed E-state index contributed by atoms with van der Waals surface area (Å²) < 4.78 is 0. The highest BCUT2D eigenvalue weighted by molar-refractivity contribution is 7.10. The summed E-state index contributed by atoms with van der Waals surface area (Å²) >= 11 is 1.72. The van der Waals surface area contributed by atoms with Crippen LogP contribution in [-0.4, -0.2) is 5.91 Å². The molecule has 2 aromatic rings. The van der Waals surface area contributed by atoms with Crippen LogP contribution in [0, 0.1) is 0 Å². The van der Waals surface area contributed by atoms with Crippen LogP contribution in [0.15, 0.2) is 29.9 Å². The molecule has 2 aromatic heterocycles. The second kappa shape index (κ2) is 4.90. The molecule has 0 unspecified atom stereocenters. The number of pyridine rings is 1. The number of fused-ring (bicyclic) bond motifs is 1. The number of hydrogen-bond donors (Lipinski definition) is 1. The average molecular weight is 259 g/mol. The molecule has 0 aliphatic heterocycles. The monoisotopic (exact) mass is 259 g/mol. The molecule has 0 spiro atoms. The predicted molar refractivity (Wildman–Crippen MR) is 71.9 cm³/mol. The van der Waals surface area contributed by atoms with Gasteiger partial charge in [0.15, 0.2) is 12.4 Å². The summed E-state index contributed by atoms with van der Waals surface area (Å²) in [6, 6.07) is 3.76. The van der Waals surface area contributed by atoms with Crippen molar-refractivity contribution in [2.24, 2.45) is 0 Å². The normalized spacial score (nSPS) is 14.0. The Morgan fingerprint density at radius 3 is 3.06 bits per heavy atom. The van der Waals surface area contributed by atoms with Gasteiger partial charge >= 0.3 is 0 Å². The largest absolute Gasteiger partial charge is 0.317 e. The molecular formula is C14H15N2OS+. The highest BCUT2D eigenvalue weighted by atomic mass is 32.1. The summed E-state index contributed by atoms with van der Waals surface area (Å²) in [6.07, 6.45) is 8.24. The third-order valence-electron chi connectivity index (χ3n) is 3.27. The van der Waals surface area contributed by atoms with Crippen LogP contribution in [0.25, 0.3) is 0 Å². The molecule has 1 aliphatic rings. The molecule has 2 N–H and O–H groups in total. The van der Waals surface area contributed by atoms with Gasteiger partial charge in [-0.1, -0.05) is 0 Å². The summed E-state index contributed by atoms with van der Waals surface area (Å²) in [7, 11) is 0. The van der Waals surface area contributed by atoms with Crippen LogP contribution < -0.4 is 10.3 Å². The van der Waals surface area contributed by atoms with Crippen LogP contribution in [0.2, 0.25) is 0 Å². The van der Waals surface area contributed by atoms with E-state index < -0.39 is 0 Å². The minimum absolute atomic E-state index is 0.00833. The maximum absolute atomic E-state index is 12.2. The predicted octanol–water partition coefficient (Wildman–Crippen LogP) is 2.69. The Kier molecular flexibility index (Phi) is 3.11. The minimum Gasteiger partial charge on any atom is -0.317 e. The number of thiophene rings is 1. The number of aromatic amines is 1. The summed E-state index contributed by atoms with van der Waals surface area (Å²) in [5.74, 6) is 0.00833. The Bertz CT molecular complexity index is 562. The van der Waals surface area contributed by atoms with Crippen molar-refractivity contribution >= 4 is 22.9 Å². The minimum atomic E-state index is 0.00833. The summed E-state index contributed by atoms with van der Waals surface area (Å²) in [6.45, 7) is 0. The molecule has 92 valence electrons. The molecule has 18 heavy (non-hydrogen) atoms. The second-order valence-electron chi connectivity index (χ2n) is 4.50. The fourth-order valence-electron chi connectivity index (χ4n) is 2.35. The lowest BCUT2D eigenvalue weighted by atomic mass is 9.95. The molecule has 0 atom stereocenters. The Hall–Kier alpha value is -1.68. The lowest BCUT2D eigenvalue weighted by Gasteiger charge is -2.12. The van der Waals surface area contributed by atoms with Gasteiger partial charge in [-0.3, -0.25) is 4.79 Å². The Morgan fingerprint density at radius 1 is 1.33 bits per heavy atom. The van der Waals surface area contributed by atoms with Gasteiger partial charge in [-0.2, -0.15) is 0 Å². The zero-order valence-electron chi connectivity index (χ0n) is 10.0. The van der Waals surface area contributed by atoms with Gasteiger partial charge in [-0.15, -0.1) is 11.3 Å². The van der Waals surface area contributed by atoms with Crippen molar-refractivity contribution in [2.45, 2.75) is 25.7 Å². The number of rotatable bonds is 2. The second-order valence-corrected chi connectivity index (χ2v) is 5.47. The van der Waals surface area contributed by atoms with Crippen molar-refractivity contribution < 1.29 is 9.78 Å². The third-order valence-corrected chi connectivity index (χ3v) is 4.36. The smallest absolute Gasteiger partial charge is 0.256 e. The number of hydrogen-bond acceptors (Lipinski definition) is 2. The number of aromatic nitrogens is 1. The molecule has 3 nitrogen and oxygen atoms in total. The van der Waals surface area contributed by atoms with E-state index in [2.05, 4.69) is 10.3 Å². The van der Waals surface area contributed by atoms with Gasteiger partial charge in [0.25, 0.3) is 5.91 Å². The molecule has 0 saturated heterocycles. The quantitative estimate of drug-likeness (QED) is 0.885. The van der Waals surface area contributed by atoms with E-state index in [4.69, 9.17) is 0 Å². The van der Waals surface area contributed by atoms with E-state index >= 15 is 0 Å². The van der Waals surface area contributed by atoms with Crippen molar-refractivity contribution in [2.75, 3.05) is 5.32 Å². The molecule has 0 aromatic carbocycles. The summed E-state index contributed by atoms with van der Waals surface area (Å²) in [5.41, 5.74) is 2.93. The number of carbonyl (C=O) groups excluding carboxylic acids is 1. The van der Waals surface area contributed by atoms with Crippen molar-refractivity contribution in [3.8, 4) is 0 Å². The molecule has 0 radical (unpaired) electrons. The standard InChI is InChI=1S/C14H14N2OS/c17-14(16-10-4-3-7-15-8-10)12-9-18-13-6-2-1-5-11(12)13/h3-4,7-9H,1-2,5-6H2,(H,16,17)/p+1. The molecule has 1 amide bonds. The number of carbonyl (C=O) groups is 1. The van der Waals surface area contributed by atoms with Crippen LogP contribution in [0.1, 0.15) is 33.6 Å². The lowest BCUT2D eigenvalue weighted by molar-refractivity contribution is -0.377. The Labute approximate surface area is 110 Å². The highest BCUT2D eigenvalue weighted by Gasteiger charge is 2.20. The van der Waals surface area contributed by atoms with Gasteiger partial charge in [-0.05, 0) is 37.3 Å². The highest BCUT2D eigenvalue weighted by Crippen LogP contribution is 2.30. The Balaban J connectivity index is 1.83. The van der Waals surface area contributed by atoms with E-state index in [1.165, 1.54) is 23.3 Å². The van der Waals surface area contributed by atoms with Crippen LogP contribution in [0.4, 0.5) is 5.69 Å². The summed E-state index contributed by atoms with van der Waals surface area (Å²) in [5, 5.41) is 4.93. The first-order chi connectivity index (χ1) is 8.84. The maximum atomic E-state index is 12.2. The van der Waals surface area contributed by atoms with E-state index in [0.717, 1.165) is 24.1 Å². The average Bonchev–Trinajstić information content (AvgIpc) is 2.84. The number of amides is 1. The van der Waals surface area contributed by atoms with Crippen LogP contribution in [0.3, 0.4) is 0 Å². The van der Waals surface area contributed by atoms with Gasteiger partial charge in [0.1, 0.15) is 5.69 Å². The number of H-pyrrole nitrogens is 1. The van der Waals surface area contributed by atoms with Gasteiger partial charge in [-0.25, -0.2) is 4.98 Å². The van der Waals surface area contributed by atoms with E-state index in [1.807, 2.05) is 23.7 Å². The van der Waals surface area contributed by atoms with E-state index in [1.54, 1.807) is 17.5 Å². The van der Waals surface area contributed by atoms with Crippen molar-refractivity contribution in [1.82, 2.24) is 0 Å². The molecule has 3 rings (SSSR count). The van der Waals surface area contributed by atoms with E-state index in [0.29, 0.717) is 0 Å². The van der Waals surface area contributed by atoms with Gasteiger partial charge < -0.3 is 5.32 Å². The summed E-state index contributed by atoms with van der Waals surface area (Å²) in [4.78, 5) is 16.6. The van der Waals surface area contributed by atoms with E-state index in [-0.39, 0.29) is 5.91 Å². The first-order valence-electron chi connectivity index (χ1n) is 6.21. The lowest BCUT2D eigenvalue weighted by Crippen LogP contribution is -2.15. The fourth-order valence-corrected chi connectivity index (χ4v) is 3.48. The molecule has 0 bridgehead atoms. The SMILES string of the molecule is O=C(Nc1ccc[nH+]c1)c1csc2c1CCCC2. The van der Waals surface area contributed by atoms with Crippen LogP contribution in [0.5, 0.6) is 0 Å². The number of nitrogens with one attached hydrogen (secondary N) is 2. The van der Waals surface area contributed by atoms with Gasteiger partial charge in [0.05, 0.1) is 5.56 Å². The molecule has 2 heterocycles. The number of aryl methyl sites for hydroxylation is 1. The molecule has 4 heteroatoms. The van der Waals surface area contributed by atoms with Gasteiger partial charge in [0.2, 0.25) is 0 Å². The van der Waals surface area contributed by atoms with Crippen LogP contribution in [-0.2, 0) is 12.8 Å². The van der Waals surface area contributed by atoms with Gasteiger partial charge in [0, 0.05) is 16.3 Å². The van der Waals surface area contributed by atoms with Crippen molar-refractivity contribution in [3.63, 3.8) is 0 Å². The third kappa shape index (κ3) is 2.16. The Morgan fingerprint density at radius 2 is 2.22 bits per heavy atom. The van der Waals surface area contributed by atoms with Crippen LogP contribution >= 0.6 is 11.3 Å². The zero-order chi connectivity index (χ0) is 12.4. The molecule has 0 fully saturated rings. The first-order valence-corrected chi connectivity index (χ1v) is 7.09. The number of anilines is 1. The fraction of sp³-hybridized carbons (Fsp3) is 0.286. The molecule has 1 aliphatic carbocycles.